The second-order valence-corrected chi connectivity index (χ2v) is 8.44. The molecule has 3 atom stereocenters. The Hall–Kier alpha value is -2.51. The summed E-state index contributed by atoms with van der Waals surface area (Å²) in [4.78, 5) is 0. The van der Waals surface area contributed by atoms with Gasteiger partial charge in [0.15, 0.2) is 11.6 Å². The fraction of sp³-hybridized carbons (Fsp3) is 0.417. The second kappa shape index (κ2) is 8.45. The van der Waals surface area contributed by atoms with E-state index in [4.69, 9.17) is 0 Å². The highest BCUT2D eigenvalue weighted by Crippen LogP contribution is 2.49. The number of halogens is 7. The van der Waals surface area contributed by atoms with Gasteiger partial charge < -0.3 is 4.74 Å². The first-order chi connectivity index (χ1) is 15.1. The standard InChI is InChI=1S/C24H21F7O/c1-2-3-12-4-6-15-13(8-12)5-7-16-17(15)11-18(25)21(22(16)28)14-9-19(26)23(20(27)10-14)32-24(29,30)31/h2-3,9-13,15H,4-8H2,1H3. The van der Waals surface area contributed by atoms with Gasteiger partial charge in [-0.2, -0.15) is 0 Å². The van der Waals surface area contributed by atoms with Crippen LogP contribution in [-0.2, 0) is 6.42 Å². The Morgan fingerprint density at radius 3 is 2.25 bits per heavy atom. The predicted octanol–water partition coefficient (Wildman–Crippen LogP) is 7.83. The van der Waals surface area contributed by atoms with Crippen LogP contribution >= 0.6 is 0 Å². The van der Waals surface area contributed by atoms with Gasteiger partial charge >= 0.3 is 6.36 Å². The third-order valence-electron chi connectivity index (χ3n) is 6.51. The number of alkyl halides is 3. The summed E-state index contributed by atoms with van der Waals surface area (Å²) in [6.07, 6.45) is 2.57. The Morgan fingerprint density at radius 2 is 1.62 bits per heavy atom. The van der Waals surface area contributed by atoms with Gasteiger partial charge in [0.05, 0.1) is 5.56 Å². The van der Waals surface area contributed by atoms with Crippen molar-refractivity contribution in [2.75, 3.05) is 0 Å². The van der Waals surface area contributed by atoms with Gasteiger partial charge in [0, 0.05) is 0 Å². The van der Waals surface area contributed by atoms with E-state index < -0.39 is 46.5 Å². The third-order valence-corrected chi connectivity index (χ3v) is 6.51. The lowest BCUT2D eigenvalue weighted by Crippen LogP contribution is -2.28. The Morgan fingerprint density at radius 1 is 0.938 bits per heavy atom. The van der Waals surface area contributed by atoms with Crippen LogP contribution in [0.5, 0.6) is 5.75 Å². The van der Waals surface area contributed by atoms with Crippen molar-refractivity contribution in [2.24, 2.45) is 11.8 Å². The molecule has 0 spiro atoms. The summed E-state index contributed by atoms with van der Waals surface area (Å²) in [6, 6.07) is 2.12. The van der Waals surface area contributed by atoms with Gasteiger partial charge in [-0.25, -0.2) is 17.6 Å². The van der Waals surface area contributed by atoms with E-state index in [1.807, 2.05) is 13.0 Å². The highest BCUT2D eigenvalue weighted by Gasteiger charge is 2.38. The van der Waals surface area contributed by atoms with Crippen LogP contribution < -0.4 is 4.74 Å². The summed E-state index contributed by atoms with van der Waals surface area (Å²) >= 11 is 0. The van der Waals surface area contributed by atoms with Crippen molar-refractivity contribution in [1.82, 2.24) is 0 Å². The smallest absolute Gasteiger partial charge is 0.399 e. The summed E-state index contributed by atoms with van der Waals surface area (Å²) in [6.45, 7) is 1.96. The lowest BCUT2D eigenvalue weighted by Gasteiger charge is -2.40. The zero-order valence-electron chi connectivity index (χ0n) is 17.2. The summed E-state index contributed by atoms with van der Waals surface area (Å²) in [7, 11) is 0. The van der Waals surface area contributed by atoms with Crippen LogP contribution in [0.4, 0.5) is 30.7 Å². The minimum atomic E-state index is -5.31. The fourth-order valence-electron chi connectivity index (χ4n) is 5.25. The number of benzene rings is 2. The van der Waals surface area contributed by atoms with Gasteiger partial charge in [0.25, 0.3) is 0 Å². The molecule has 32 heavy (non-hydrogen) atoms. The molecule has 0 radical (unpaired) electrons. The largest absolute Gasteiger partial charge is 0.573 e. The normalized spacial score (nSPS) is 23.2. The molecular weight excluding hydrogens is 437 g/mol. The molecule has 2 aromatic rings. The molecule has 0 saturated heterocycles. The monoisotopic (exact) mass is 458 g/mol. The van der Waals surface area contributed by atoms with Crippen LogP contribution in [0, 0.1) is 35.1 Å². The van der Waals surface area contributed by atoms with Crippen molar-refractivity contribution < 1.29 is 35.5 Å². The second-order valence-electron chi connectivity index (χ2n) is 8.44. The summed E-state index contributed by atoms with van der Waals surface area (Å²) in [5.41, 5.74) is -0.284. The number of fused-ring (bicyclic) bond motifs is 3. The lowest BCUT2D eigenvalue weighted by atomic mass is 9.65. The first-order valence-electron chi connectivity index (χ1n) is 10.5. The van der Waals surface area contributed by atoms with Crippen molar-refractivity contribution in [3.8, 4) is 16.9 Å². The molecular formula is C24H21F7O. The van der Waals surface area contributed by atoms with E-state index in [1.165, 1.54) is 6.07 Å². The third kappa shape index (κ3) is 4.24. The number of hydrogen-bond acceptors (Lipinski definition) is 1. The number of ether oxygens (including phenoxy) is 1. The van der Waals surface area contributed by atoms with Crippen molar-refractivity contribution in [1.29, 1.82) is 0 Å². The number of allylic oxidation sites excluding steroid dienone is 2. The maximum Gasteiger partial charge on any atom is 0.573 e. The average Bonchev–Trinajstić information content (AvgIpc) is 2.70. The minimum Gasteiger partial charge on any atom is -0.399 e. The Balaban J connectivity index is 1.72. The SMILES string of the molecule is CC=CC1CCC2c3cc(F)c(-c4cc(F)c(OC(F)(F)F)c(F)c4)c(F)c3CCC2C1. The average molecular weight is 458 g/mol. The van der Waals surface area contributed by atoms with Crippen molar-refractivity contribution in [3.63, 3.8) is 0 Å². The van der Waals surface area contributed by atoms with Gasteiger partial charge in [0.2, 0.25) is 5.75 Å². The van der Waals surface area contributed by atoms with Gasteiger partial charge in [-0.05, 0) is 91.7 Å². The van der Waals surface area contributed by atoms with E-state index in [2.05, 4.69) is 10.8 Å². The maximum absolute atomic E-state index is 15.4. The Bertz CT molecular complexity index is 1030. The first-order valence-corrected chi connectivity index (χ1v) is 10.5. The molecule has 2 aromatic carbocycles. The first kappa shape index (κ1) is 22.7. The number of hydrogen-bond donors (Lipinski definition) is 0. The number of rotatable bonds is 3. The molecule has 0 bridgehead atoms. The van der Waals surface area contributed by atoms with E-state index in [-0.39, 0.29) is 5.92 Å². The summed E-state index contributed by atoms with van der Waals surface area (Å²) in [5, 5.41) is 0. The van der Waals surface area contributed by atoms with E-state index in [0.717, 1.165) is 25.7 Å². The van der Waals surface area contributed by atoms with Crippen LogP contribution in [0.15, 0.2) is 30.4 Å². The van der Waals surface area contributed by atoms with Gasteiger partial charge in [-0.15, -0.1) is 13.2 Å². The van der Waals surface area contributed by atoms with Crippen LogP contribution in [-0.4, -0.2) is 6.36 Å². The van der Waals surface area contributed by atoms with Crippen LogP contribution in [0.3, 0.4) is 0 Å². The van der Waals surface area contributed by atoms with E-state index in [1.54, 1.807) is 0 Å². The molecule has 1 fully saturated rings. The lowest BCUT2D eigenvalue weighted by molar-refractivity contribution is -0.276. The van der Waals surface area contributed by atoms with E-state index in [9.17, 15) is 22.0 Å². The molecule has 0 heterocycles. The summed E-state index contributed by atoms with van der Waals surface area (Å²) < 4.78 is 99.1. The predicted molar refractivity (Wildman–Crippen MR) is 105 cm³/mol. The molecule has 4 rings (SSSR count). The molecule has 0 N–H and O–H groups in total. The Labute approximate surface area is 180 Å². The van der Waals surface area contributed by atoms with E-state index >= 15 is 8.78 Å². The zero-order valence-corrected chi connectivity index (χ0v) is 17.2. The molecule has 172 valence electrons. The van der Waals surface area contributed by atoms with E-state index in [0.29, 0.717) is 41.5 Å². The molecule has 0 amide bonds. The van der Waals surface area contributed by atoms with Gasteiger partial charge in [-0.1, -0.05) is 12.2 Å². The van der Waals surface area contributed by atoms with Crippen molar-refractivity contribution in [3.05, 3.63) is 64.7 Å². The maximum atomic E-state index is 15.4. The van der Waals surface area contributed by atoms with Gasteiger partial charge in [-0.3, -0.25) is 0 Å². The molecule has 1 saturated carbocycles. The van der Waals surface area contributed by atoms with Crippen LogP contribution in [0.2, 0.25) is 0 Å². The van der Waals surface area contributed by atoms with Crippen molar-refractivity contribution in [2.45, 2.75) is 51.3 Å². The topological polar surface area (TPSA) is 9.23 Å². The van der Waals surface area contributed by atoms with Crippen LogP contribution in [0.1, 0.15) is 49.7 Å². The highest BCUT2D eigenvalue weighted by atomic mass is 19.4. The fourth-order valence-corrected chi connectivity index (χ4v) is 5.25. The molecule has 0 aromatic heterocycles. The molecule has 2 aliphatic rings. The molecule has 1 nitrogen and oxygen atoms in total. The molecule has 8 heteroatoms. The highest BCUT2D eigenvalue weighted by molar-refractivity contribution is 5.68. The van der Waals surface area contributed by atoms with Crippen LogP contribution in [0.25, 0.3) is 11.1 Å². The van der Waals surface area contributed by atoms with Gasteiger partial charge in [0.1, 0.15) is 11.6 Å². The van der Waals surface area contributed by atoms with Crippen molar-refractivity contribution >= 4 is 0 Å². The zero-order chi connectivity index (χ0) is 23.2. The molecule has 2 aliphatic carbocycles. The molecule has 3 unspecified atom stereocenters. The Kier molecular flexibility index (Phi) is 5.98. The quantitative estimate of drug-likeness (QED) is 0.336. The molecule has 0 aliphatic heterocycles. The minimum absolute atomic E-state index is 0.00865. The summed E-state index contributed by atoms with van der Waals surface area (Å²) in [5.74, 6) is -6.23.